The van der Waals surface area contributed by atoms with Crippen LogP contribution in [0.2, 0.25) is 0 Å². The highest BCUT2D eigenvalue weighted by Gasteiger charge is 2.17. The third kappa shape index (κ3) is 2.97. The van der Waals surface area contributed by atoms with Crippen molar-refractivity contribution in [2.75, 3.05) is 7.11 Å². The molecule has 0 aliphatic rings. The van der Waals surface area contributed by atoms with Gasteiger partial charge in [-0.1, -0.05) is 11.2 Å². The lowest BCUT2D eigenvalue weighted by Crippen LogP contribution is -2.14. The molecule has 0 amide bonds. The van der Waals surface area contributed by atoms with Crippen molar-refractivity contribution in [3.8, 4) is 11.5 Å². The minimum absolute atomic E-state index is 0.103. The molecule has 0 aliphatic carbocycles. The van der Waals surface area contributed by atoms with Crippen molar-refractivity contribution < 1.29 is 22.8 Å². The van der Waals surface area contributed by atoms with Gasteiger partial charge in [0.2, 0.25) is 6.39 Å². The average molecular weight is 271 g/mol. The molecule has 0 radical (unpaired) electrons. The summed E-state index contributed by atoms with van der Waals surface area (Å²) in [6, 6.07) is 3.74. The molecular formula is C11H11F2N3O3. The Morgan fingerprint density at radius 2 is 2.11 bits per heavy atom. The predicted octanol–water partition coefficient (Wildman–Crippen LogP) is 1.73. The summed E-state index contributed by atoms with van der Waals surface area (Å²) in [7, 11) is 1.35. The van der Waals surface area contributed by atoms with E-state index >= 15 is 0 Å². The van der Waals surface area contributed by atoms with E-state index in [2.05, 4.69) is 19.4 Å². The molecular weight excluding hydrogens is 260 g/mol. The van der Waals surface area contributed by atoms with E-state index in [0.29, 0.717) is 5.56 Å². The number of nitrogens with two attached hydrogens (primary N) is 1. The van der Waals surface area contributed by atoms with Crippen LogP contribution in [-0.2, 0) is 0 Å². The van der Waals surface area contributed by atoms with Gasteiger partial charge in [-0.2, -0.15) is 13.8 Å². The van der Waals surface area contributed by atoms with Gasteiger partial charge in [-0.25, -0.2) is 0 Å². The van der Waals surface area contributed by atoms with Crippen molar-refractivity contribution in [1.82, 2.24) is 10.1 Å². The van der Waals surface area contributed by atoms with E-state index in [1.54, 1.807) is 6.07 Å². The Labute approximate surface area is 107 Å². The second kappa shape index (κ2) is 5.61. The summed E-state index contributed by atoms with van der Waals surface area (Å²) in [6.07, 6.45) is 1.13. The molecule has 2 rings (SSSR count). The summed E-state index contributed by atoms with van der Waals surface area (Å²) in [5.74, 6) is 0.325. The molecule has 0 saturated heterocycles. The number of rotatable bonds is 5. The molecule has 0 fully saturated rings. The quantitative estimate of drug-likeness (QED) is 0.891. The van der Waals surface area contributed by atoms with Crippen molar-refractivity contribution in [2.24, 2.45) is 5.73 Å². The fourth-order valence-corrected chi connectivity index (χ4v) is 1.54. The third-order valence-corrected chi connectivity index (χ3v) is 2.42. The highest BCUT2D eigenvalue weighted by Crippen LogP contribution is 2.32. The van der Waals surface area contributed by atoms with Gasteiger partial charge in [0.1, 0.15) is 0 Å². The first-order chi connectivity index (χ1) is 9.11. The zero-order valence-electron chi connectivity index (χ0n) is 9.92. The molecule has 6 nitrogen and oxygen atoms in total. The Kier molecular flexibility index (Phi) is 3.91. The van der Waals surface area contributed by atoms with E-state index in [9.17, 15) is 8.78 Å². The van der Waals surface area contributed by atoms with Gasteiger partial charge in [0.15, 0.2) is 17.3 Å². The van der Waals surface area contributed by atoms with Crippen molar-refractivity contribution >= 4 is 0 Å². The van der Waals surface area contributed by atoms with E-state index in [1.807, 2.05) is 0 Å². The molecule has 0 saturated carbocycles. The summed E-state index contributed by atoms with van der Waals surface area (Å²) in [5, 5.41) is 3.59. The number of alkyl halides is 2. The number of aromatic nitrogens is 2. The standard InChI is InChI=1S/C11H11F2N3O3/c1-17-7-3-2-6(4-8(7)19-11(12)13)9(14)10-15-5-18-16-10/h2-5,9,11H,14H2,1H3. The number of ether oxygens (including phenoxy) is 2. The van der Waals surface area contributed by atoms with E-state index in [1.165, 1.54) is 19.2 Å². The van der Waals surface area contributed by atoms with Gasteiger partial charge in [0.25, 0.3) is 0 Å². The Hall–Kier alpha value is -2.22. The van der Waals surface area contributed by atoms with Crippen LogP contribution in [0.1, 0.15) is 17.4 Å². The molecule has 0 aliphatic heterocycles. The lowest BCUT2D eigenvalue weighted by Gasteiger charge is -2.13. The van der Waals surface area contributed by atoms with E-state index in [-0.39, 0.29) is 17.3 Å². The van der Waals surface area contributed by atoms with Crippen LogP contribution in [0.5, 0.6) is 11.5 Å². The lowest BCUT2D eigenvalue weighted by atomic mass is 10.1. The van der Waals surface area contributed by atoms with Crippen molar-refractivity contribution in [3.63, 3.8) is 0 Å². The number of benzene rings is 1. The summed E-state index contributed by atoms with van der Waals surface area (Å²) in [4.78, 5) is 3.80. The van der Waals surface area contributed by atoms with E-state index < -0.39 is 12.7 Å². The van der Waals surface area contributed by atoms with Gasteiger partial charge in [0, 0.05) is 0 Å². The minimum atomic E-state index is -2.95. The van der Waals surface area contributed by atoms with Gasteiger partial charge in [-0.15, -0.1) is 0 Å². The van der Waals surface area contributed by atoms with E-state index in [4.69, 9.17) is 10.5 Å². The molecule has 1 atom stereocenters. The molecule has 0 bridgehead atoms. The Balaban J connectivity index is 2.31. The molecule has 1 heterocycles. The number of hydrogen-bond acceptors (Lipinski definition) is 6. The first kappa shape index (κ1) is 13.2. The molecule has 2 aromatic rings. The second-order valence-electron chi connectivity index (χ2n) is 3.56. The largest absolute Gasteiger partial charge is 0.493 e. The Morgan fingerprint density at radius 3 is 2.68 bits per heavy atom. The number of methoxy groups -OCH3 is 1. The van der Waals surface area contributed by atoms with Crippen LogP contribution in [0.4, 0.5) is 8.78 Å². The highest BCUT2D eigenvalue weighted by atomic mass is 19.3. The lowest BCUT2D eigenvalue weighted by molar-refractivity contribution is -0.0512. The predicted molar refractivity (Wildman–Crippen MR) is 60.0 cm³/mol. The van der Waals surface area contributed by atoms with Crippen molar-refractivity contribution in [1.29, 1.82) is 0 Å². The highest BCUT2D eigenvalue weighted by molar-refractivity contribution is 5.44. The monoisotopic (exact) mass is 271 g/mol. The Morgan fingerprint density at radius 1 is 1.32 bits per heavy atom. The van der Waals surface area contributed by atoms with Gasteiger partial charge >= 0.3 is 6.61 Å². The van der Waals surface area contributed by atoms with Crippen LogP contribution < -0.4 is 15.2 Å². The maximum absolute atomic E-state index is 12.3. The minimum Gasteiger partial charge on any atom is -0.493 e. The van der Waals surface area contributed by atoms with Crippen LogP contribution in [-0.4, -0.2) is 23.9 Å². The zero-order chi connectivity index (χ0) is 13.8. The molecule has 19 heavy (non-hydrogen) atoms. The zero-order valence-corrected chi connectivity index (χ0v) is 9.92. The number of nitrogens with zero attached hydrogens (tertiary/aromatic N) is 2. The Bertz CT molecular complexity index is 534. The first-order valence-corrected chi connectivity index (χ1v) is 5.26. The van der Waals surface area contributed by atoms with Crippen LogP contribution in [0.3, 0.4) is 0 Å². The fourth-order valence-electron chi connectivity index (χ4n) is 1.54. The van der Waals surface area contributed by atoms with Crippen molar-refractivity contribution in [3.05, 3.63) is 36.0 Å². The van der Waals surface area contributed by atoms with Crippen LogP contribution in [0.15, 0.2) is 29.1 Å². The molecule has 1 aromatic carbocycles. The van der Waals surface area contributed by atoms with Gasteiger partial charge in [-0.05, 0) is 17.7 Å². The van der Waals surface area contributed by atoms with Gasteiger partial charge in [-0.3, -0.25) is 0 Å². The molecule has 1 aromatic heterocycles. The average Bonchev–Trinajstić information content (AvgIpc) is 2.91. The number of hydrogen-bond donors (Lipinski definition) is 1. The fraction of sp³-hybridized carbons (Fsp3) is 0.273. The van der Waals surface area contributed by atoms with Crippen LogP contribution in [0, 0.1) is 0 Å². The number of halogens is 2. The normalized spacial score (nSPS) is 12.5. The SMILES string of the molecule is COc1ccc(C(N)c2ncon2)cc1OC(F)F. The molecule has 2 N–H and O–H groups in total. The van der Waals surface area contributed by atoms with Gasteiger partial charge < -0.3 is 19.7 Å². The summed E-state index contributed by atoms with van der Waals surface area (Å²) < 4.78 is 38.5. The summed E-state index contributed by atoms with van der Waals surface area (Å²) in [6.45, 7) is -2.95. The maximum Gasteiger partial charge on any atom is 0.387 e. The van der Waals surface area contributed by atoms with Crippen molar-refractivity contribution in [2.45, 2.75) is 12.7 Å². The summed E-state index contributed by atoms with van der Waals surface area (Å²) in [5.41, 5.74) is 6.38. The second-order valence-corrected chi connectivity index (χ2v) is 3.56. The molecule has 102 valence electrons. The van der Waals surface area contributed by atoms with Crippen LogP contribution >= 0.6 is 0 Å². The molecule has 8 heteroatoms. The molecule has 0 spiro atoms. The summed E-state index contributed by atoms with van der Waals surface area (Å²) >= 11 is 0. The smallest absolute Gasteiger partial charge is 0.387 e. The first-order valence-electron chi connectivity index (χ1n) is 5.26. The molecule has 1 unspecified atom stereocenters. The third-order valence-electron chi connectivity index (χ3n) is 2.42. The van der Waals surface area contributed by atoms with Crippen LogP contribution in [0.25, 0.3) is 0 Å². The topological polar surface area (TPSA) is 83.4 Å². The maximum atomic E-state index is 12.3. The van der Waals surface area contributed by atoms with Gasteiger partial charge in [0.05, 0.1) is 13.2 Å². The van der Waals surface area contributed by atoms with E-state index in [0.717, 1.165) is 6.39 Å².